The molecule has 0 radical (unpaired) electrons. The van der Waals surface area contributed by atoms with Crippen molar-refractivity contribution in [2.24, 2.45) is 0 Å². The molecular formula is C14H13ClN2O3. The van der Waals surface area contributed by atoms with E-state index < -0.39 is 11.9 Å². The fraction of sp³-hybridized carbons (Fsp3) is 0.143. The van der Waals surface area contributed by atoms with Gasteiger partial charge in [-0.05, 0) is 37.3 Å². The summed E-state index contributed by atoms with van der Waals surface area (Å²) in [6, 6.07) is 9.20. The summed E-state index contributed by atoms with van der Waals surface area (Å²) in [5.74, 6) is -0.622. The number of carbonyl (C=O) groups is 2. The SMILES string of the molecule is CC(NC(=O)c1ccco1)C(=O)Nc1cccc(Cl)c1. The fourth-order valence-electron chi connectivity index (χ4n) is 1.56. The predicted octanol–water partition coefficient (Wildman–Crippen LogP) is 2.69. The van der Waals surface area contributed by atoms with Crippen LogP contribution in [0.3, 0.4) is 0 Å². The summed E-state index contributed by atoms with van der Waals surface area (Å²) >= 11 is 5.83. The average Bonchev–Trinajstić information content (AvgIpc) is 2.92. The normalized spacial score (nSPS) is 11.7. The van der Waals surface area contributed by atoms with Crippen LogP contribution in [0.5, 0.6) is 0 Å². The third-order valence-corrected chi connectivity index (χ3v) is 2.81. The molecule has 1 aromatic heterocycles. The minimum absolute atomic E-state index is 0.160. The molecule has 20 heavy (non-hydrogen) atoms. The van der Waals surface area contributed by atoms with Crippen LogP contribution in [0.4, 0.5) is 5.69 Å². The van der Waals surface area contributed by atoms with Crippen molar-refractivity contribution in [2.45, 2.75) is 13.0 Å². The highest BCUT2D eigenvalue weighted by molar-refractivity contribution is 6.30. The maximum absolute atomic E-state index is 11.9. The number of carbonyl (C=O) groups excluding carboxylic acids is 2. The summed E-state index contributed by atoms with van der Waals surface area (Å²) in [5, 5.41) is 5.73. The lowest BCUT2D eigenvalue weighted by molar-refractivity contribution is -0.117. The maximum Gasteiger partial charge on any atom is 0.287 e. The first-order valence-corrected chi connectivity index (χ1v) is 6.35. The number of hydrogen-bond donors (Lipinski definition) is 2. The predicted molar refractivity (Wildman–Crippen MR) is 75.7 cm³/mol. The van der Waals surface area contributed by atoms with Crippen LogP contribution in [0.25, 0.3) is 0 Å². The molecule has 0 saturated carbocycles. The molecule has 1 atom stereocenters. The Morgan fingerprint density at radius 3 is 2.70 bits per heavy atom. The molecule has 1 heterocycles. The van der Waals surface area contributed by atoms with Gasteiger partial charge in [0.2, 0.25) is 5.91 Å². The van der Waals surface area contributed by atoms with E-state index in [0.29, 0.717) is 10.7 Å². The Kier molecular flexibility index (Phi) is 4.42. The lowest BCUT2D eigenvalue weighted by atomic mass is 10.2. The van der Waals surface area contributed by atoms with Gasteiger partial charge in [-0.3, -0.25) is 9.59 Å². The van der Waals surface area contributed by atoms with Crippen molar-refractivity contribution < 1.29 is 14.0 Å². The van der Waals surface area contributed by atoms with Gasteiger partial charge in [0, 0.05) is 10.7 Å². The fourth-order valence-corrected chi connectivity index (χ4v) is 1.75. The molecule has 2 aromatic rings. The molecule has 2 rings (SSSR count). The van der Waals surface area contributed by atoms with Gasteiger partial charge in [-0.2, -0.15) is 0 Å². The number of hydrogen-bond acceptors (Lipinski definition) is 3. The Morgan fingerprint density at radius 2 is 2.05 bits per heavy atom. The van der Waals surface area contributed by atoms with Crippen LogP contribution < -0.4 is 10.6 Å². The highest BCUT2D eigenvalue weighted by atomic mass is 35.5. The van der Waals surface area contributed by atoms with Crippen LogP contribution in [-0.4, -0.2) is 17.9 Å². The van der Waals surface area contributed by atoms with E-state index >= 15 is 0 Å². The van der Waals surface area contributed by atoms with E-state index in [1.807, 2.05) is 0 Å². The minimum atomic E-state index is -0.702. The van der Waals surface area contributed by atoms with Crippen molar-refractivity contribution >= 4 is 29.1 Å². The van der Waals surface area contributed by atoms with Crippen molar-refractivity contribution in [3.8, 4) is 0 Å². The van der Waals surface area contributed by atoms with Crippen LogP contribution in [0.1, 0.15) is 17.5 Å². The Bertz CT molecular complexity index is 611. The van der Waals surface area contributed by atoms with Crippen LogP contribution >= 0.6 is 11.6 Å². The number of furan rings is 1. The van der Waals surface area contributed by atoms with Crippen molar-refractivity contribution in [3.05, 3.63) is 53.4 Å². The molecule has 0 fully saturated rings. The largest absolute Gasteiger partial charge is 0.459 e. The third kappa shape index (κ3) is 3.61. The van der Waals surface area contributed by atoms with Gasteiger partial charge in [0.05, 0.1) is 6.26 Å². The number of amides is 2. The third-order valence-electron chi connectivity index (χ3n) is 2.58. The second-order valence-electron chi connectivity index (χ2n) is 4.17. The Morgan fingerprint density at radius 1 is 1.25 bits per heavy atom. The van der Waals surface area contributed by atoms with Crippen molar-refractivity contribution in [1.29, 1.82) is 0 Å². The molecule has 0 aliphatic heterocycles. The molecule has 0 spiro atoms. The van der Waals surface area contributed by atoms with Gasteiger partial charge < -0.3 is 15.1 Å². The zero-order chi connectivity index (χ0) is 14.5. The zero-order valence-electron chi connectivity index (χ0n) is 10.7. The molecule has 0 aliphatic rings. The van der Waals surface area contributed by atoms with E-state index in [4.69, 9.17) is 16.0 Å². The summed E-state index contributed by atoms with van der Waals surface area (Å²) < 4.78 is 4.95. The Labute approximate surface area is 120 Å². The van der Waals surface area contributed by atoms with Gasteiger partial charge in [0.15, 0.2) is 5.76 Å². The van der Waals surface area contributed by atoms with Crippen molar-refractivity contribution in [2.75, 3.05) is 5.32 Å². The molecule has 6 heteroatoms. The number of nitrogens with one attached hydrogen (secondary N) is 2. The Hall–Kier alpha value is -2.27. The van der Waals surface area contributed by atoms with Gasteiger partial charge >= 0.3 is 0 Å². The molecule has 0 bridgehead atoms. The maximum atomic E-state index is 11.9. The Balaban J connectivity index is 1.94. The molecule has 0 saturated heterocycles. The van der Waals surface area contributed by atoms with Gasteiger partial charge in [0.25, 0.3) is 5.91 Å². The molecule has 5 nitrogen and oxygen atoms in total. The smallest absolute Gasteiger partial charge is 0.287 e. The van der Waals surface area contributed by atoms with Gasteiger partial charge in [-0.25, -0.2) is 0 Å². The lowest BCUT2D eigenvalue weighted by Gasteiger charge is -2.13. The monoisotopic (exact) mass is 292 g/mol. The molecule has 104 valence electrons. The second-order valence-corrected chi connectivity index (χ2v) is 4.61. The topological polar surface area (TPSA) is 71.3 Å². The van der Waals surface area contributed by atoms with Gasteiger partial charge in [-0.1, -0.05) is 17.7 Å². The summed E-state index contributed by atoms with van der Waals surface area (Å²) in [6.07, 6.45) is 1.39. The summed E-state index contributed by atoms with van der Waals surface area (Å²) in [6.45, 7) is 1.58. The first kappa shape index (κ1) is 14.1. The molecule has 0 aliphatic carbocycles. The van der Waals surface area contributed by atoms with Crippen LogP contribution in [0.15, 0.2) is 47.1 Å². The van der Waals surface area contributed by atoms with Crippen molar-refractivity contribution in [1.82, 2.24) is 5.32 Å². The highest BCUT2D eigenvalue weighted by Gasteiger charge is 2.18. The van der Waals surface area contributed by atoms with Crippen LogP contribution in [-0.2, 0) is 4.79 Å². The van der Waals surface area contributed by atoms with E-state index in [0.717, 1.165) is 0 Å². The number of rotatable bonds is 4. The molecular weight excluding hydrogens is 280 g/mol. The van der Waals surface area contributed by atoms with E-state index in [2.05, 4.69) is 10.6 Å². The summed E-state index contributed by atoms with van der Waals surface area (Å²) in [5.41, 5.74) is 0.571. The van der Waals surface area contributed by atoms with Crippen LogP contribution in [0.2, 0.25) is 5.02 Å². The van der Waals surface area contributed by atoms with E-state index in [9.17, 15) is 9.59 Å². The highest BCUT2D eigenvalue weighted by Crippen LogP contribution is 2.15. The number of benzene rings is 1. The molecule has 1 unspecified atom stereocenters. The second kappa shape index (κ2) is 6.25. The number of halogens is 1. The van der Waals surface area contributed by atoms with Gasteiger partial charge in [-0.15, -0.1) is 0 Å². The summed E-state index contributed by atoms with van der Waals surface area (Å²) in [7, 11) is 0. The molecule has 1 aromatic carbocycles. The van der Waals surface area contributed by atoms with Crippen molar-refractivity contribution in [3.63, 3.8) is 0 Å². The van der Waals surface area contributed by atoms with E-state index in [1.165, 1.54) is 12.3 Å². The summed E-state index contributed by atoms with van der Waals surface area (Å²) in [4.78, 5) is 23.7. The zero-order valence-corrected chi connectivity index (χ0v) is 11.5. The first-order valence-electron chi connectivity index (χ1n) is 5.97. The molecule has 2 N–H and O–H groups in total. The quantitative estimate of drug-likeness (QED) is 0.910. The average molecular weight is 293 g/mol. The lowest BCUT2D eigenvalue weighted by Crippen LogP contribution is -2.41. The van der Waals surface area contributed by atoms with Crippen LogP contribution in [0, 0.1) is 0 Å². The first-order chi connectivity index (χ1) is 9.56. The van der Waals surface area contributed by atoms with E-state index in [1.54, 1.807) is 37.3 Å². The van der Waals surface area contributed by atoms with Gasteiger partial charge in [0.1, 0.15) is 6.04 Å². The number of anilines is 1. The minimum Gasteiger partial charge on any atom is -0.459 e. The standard InChI is InChI=1S/C14H13ClN2O3/c1-9(16-14(19)12-6-3-7-20-12)13(18)17-11-5-2-4-10(15)8-11/h2-9H,1H3,(H,16,19)(H,17,18). The molecule has 2 amide bonds. The van der Waals surface area contributed by atoms with E-state index in [-0.39, 0.29) is 11.7 Å².